The van der Waals surface area contributed by atoms with E-state index in [1.807, 2.05) is 17.7 Å². The maximum absolute atomic E-state index is 4.74. The molecule has 0 saturated carbocycles. The summed E-state index contributed by atoms with van der Waals surface area (Å²) in [6.07, 6.45) is 5.43. The van der Waals surface area contributed by atoms with E-state index in [0.717, 1.165) is 34.2 Å². The van der Waals surface area contributed by atoms with Gasteiger partial charge in [0.1, 0.15) is 11.2 Å². The molecule has 1 aliphatic carbocycles. The molecule has 1 aromatic carbocycles. The maximum Gasteiger partial charge on any atom is 0.172 e. The zero-order valence-corrected chi connectivity index (χ0v) is 15.5. The number of fused-ring (bicyclic) bond motifs is 5. The quantitative estimate of drug-likeness (QED) is 0.499. The molecule has 4 nitrogen and oxygen atoms in total. The van der Waals surface area contributed by atoms with E-state index >= 15 is 0 Å². The summed E-state index contributed by atoms with van der Waals surface area (Å²) in [6, 6.07) is 6.44. The van der Waals surface area contributed by atoms with Gasteiger partial charge in [0, 0.05) is 10.4 Å². The predicted octanol–water partition coefficient (Wildman–Crippen LogP) is 4.75. The molecule has 1 atom stereocenters. The summed E-state index contributed by atoms with van der Waals surface area (Å²) in [6.45, 7) is 6.60. The summed E-state index contributed by atoms with van der Waals surface area (Å²) in [7, 11) is 0. The highest BCUT2D eigenvalue weighted by Gasteiger charge is 2.24. The predicted molar refractivity (Wildman–Crippen MR) is 102 cm³/mol. The Bertz CT molecular complexity index is 1120. The SMILES string of the molecule is Cc1ccc(-c2nnc3c4c5c(sc4ncn23)C[C@@H](C)CC5)cc1C. The third-order valence-electron chi connectivity index (χ3n) is 5.47. The van der Waals surface area contributed by atoms with Gasteiger partial charge in [-0.15, -0.1) is 21.5 Å². The molecule has 0 aliphatic heterocycles. The lowest BCUT2D eigenvalue weighted by Gasteiger charge is -2.17. The molecule has 0 saturated heterocycles. The third-order valence-corrected chi connectivity index (χ3v) is 6.63. The molecule has 3 heterocycles. The van der Waals surface area contributed by atoms with Crippen LogP contribution < -0.4 is 0 Å². The Hall–Kier alpha value is -2.27. The normalized spacial score (nSPS) is 17.3. The fourth-order valence-electron chi connectivity index (χ4n) is 3.82. The highest BCUT2D eigenvalue weighted by Crippen LogP contribution is 2.39. The van der Waals surface area contributed by atoms with Crippen LogP contribution in [0.5, 0.6) is 0 Å². The second kappa shape index (κ2) is 5.36. The van der Waals surface area contributed by atoms with Crippen molar-refractivity contribution in [1.29, 1.82) is 0 Å². The van der Waals surface area contributed by atoms with Crippen molar-refractivity contribution in [3.8, 4) is 11.4 Å². The highest BCUT2D eigenvalue weighted by molar-refractivity contribution is 7.19. The summed E-state index contributed by atoms with van der Waals surface area (Å²) < 4.78 is 2.05. The van der Waals surface area contributed by atoms with Crippen molar-refractivity contribution in [2.45, 2.75) is 40.0 Å². The van der Waals surface area contributed by atoms with Crippen LogP contribution in [0.1, 0.15) is 34.9 Å². The molecule has 0 radical (unpaired) electrons. The van der Waals surface area contributed by atoms with Crippen LogP contribution in [0.4, 0.5) is 0 Å². The number of benzene rings is 1. The Kier molecular flexibility index (Phi) is 3.22. The molecule has 0 unspecified atom stereocenters. The monoisotopic (exact) mass is 348 g/mol. The van der Waals surface area contributed by atoms with Gasteiger partial charge in [0.15, 0.2) is 11.5 Å². The summed E-state index contributed by atoms with van der Waals surface area (Å²) >= 11 is 1.84. The molecule has 25 heavy (non-hydrogen) atoms. The van der Waals surface area contributed by atoms with Gasteiger partial charge in [-0.1, -0.05) is 19.1 Å². The van der Waals surface area contributed by atoms with Gasteiger partial charge in [0.2, 0.25) is 0 Å². The summed E-state index contributed by atoms with van der Waals surface area (Å²) in [5.74, 6) is 1.64. The first kappa shape index (κ1) is 15.0. The second-order valence-corrected chi connectivity index (χ2v) is 8.38. The van der Waals surface area contributed by atoms with Crippen LogP contribution in [-0.4, -0.2) is 19.6 Å². The summed E-state index contributed by atoms with van der Waals surface area (Å²) in [4.78, 5) is 7.33. The molecule has 3 aromatic heterocycles. The minimum Gasteiger partial charge on any atom is -0.265 e. The molecular weight excluding hydrogens is 328 g/mol. The number of thiophene rings is 1. The van der Waals surface area contributed by atoms with E-state index in [0.29, 0.717) is 0 Å². The van der Waals surface area contributed by atoms with E-state index < -0.39 is 0 Å². The Labute approximate surface area is 150 Å². The topological polar surface area (TPSA) is 43.1 Å². The highest BCUT2D eigenvalue weighted by atomic mass is 32.1. The van der Waals surface area contributed by atoms with Crippen LogP contribution in [0.25, 0.3) is 27.3 Å². The van der Waals surface area contributed by atoms with Crippen molar-refractivity contribution < 1.29 is 0 Å². The molecule has 0 fully saturated rings. The number of hydrogen-bond acceptors (Lipinski definition) is 4. The largest absolute Gasteiger partial charge is 0.265 e. The number of aromatic nitrogens is 4. The van der Waals surface area contributed by atoms with Crippen molar-refractivity contribution in [1.82, 2.24) is 19.6 Å². The molecule has 5 rings (SSSR count). The van der Waals surface area contributed by atoms with Gasteiger partial charge in [-0.2, -0.15) is 0 Å². The van der Waals surface area contributed by atoms with Gasteiger partial charge < -0.3 is 0 Å². The van der Waals surface area contributed by atoms with Crippen LogP contribution in [0, 0.1) is 19.8 Å². The third kappa shape index (κ3) is 2.22. The van der Waals surface area contributed by atoms with Gasteiger partial charge in [-0.3, -0.25) is 4.40 Å². The lowest BCUT2D eigenvalue weighted by atomic mass is 9.89. The van der Waals surface area contributed by atoms with Crippen molar-refractivity contribution in [2.24, 2.45) is 5.92 Å². The minimum absolute atomic E-state index is 0.764. The van der Waals surface area contributed by atoms with E-state index in [1.54, 1.807) is 0 Å². The van der Waals surface area contributed by atoms with Crippen LogP contribution in [-0.2, 0) is 12.8 Å². The van der Waals surface area contributed by atoms with Crippen LogP contribution in [0.3, 0.4) is 0 Å². The van der Waals surface area contributed by atoms with E-state index in [9.17, 15) is 0 Å². The number of rotatable bonds is 1. The smallest absolute Gasteiger partial charge is 0.172 e. The maximum atomic E-state index is 4.74. The van der Waals surface area contributed by atoms with E-state index in [4.69, 9.17) is 4.98 Å². The number of nitrogens with zero attached hydrogens (tertiary/aromatic N) is 4. The van der Waals surface area contributed by atoms with Crippen molar-refractivity contribution in [2.75, 3.05) is 0 Å². The fourth-order valence-corrected chi connectivity index (χ4v) is 5.16. The number of hydrogen-bond donors (Lipinski definition) is 0. The first-order valence-corrected chi connectivity index (χ1v) is 9.65. The van der Waals surface area contributed by atoms with Gasteiger partial charge in [0.05, 0.1) is 5.39 Å². The van der Waals surface area contributed by atoms with E-state index in [2.05, 4.69) is 53.6 Å². The molecule has 0 amide bonds. The van der Waals surface area contributed by atoms with Gasteiger partial charge in [0.25, 0.3) is 0 Å². The van der Waals surface area contributed by atoms with Crippen LogP contribution in [0.15, 0.2) is 24.5 Å². The molecule has 0 N–H and O–H groups in total. The van der Waals surface area contributed by atoms with Crippen molar-refractivity contribution in [3.05, 3.63) is 46.1 Å². The summed E-state index contributed by atoms with van der Waals surface area (Å²) in [5.41, 5.74) is 6.05. The Morgan fingerprint density at radius 3 is 2.88 bits per heavy atom. The van der Waals surface area contributed by atoms with Crippen molar-refractivity contribution in [3.63, 3.8) is 0 Å². The Morgan fingerprint density at radius 2 is 2.04 bits per heavy atom. The lowest BCUT2D eigenvalue weighted by Crippen LogP contribution is -2.08. The van der Waals surface area contributed by atoms with Gasteiger partial charge in [-0.25, -0.2) is 4.98 Å². The molecule has 4 aromatic rings. The number of aryl methyl sites for hydroxylation is 3. The van der Waals surface area contributed by atoms with E-state index in [-0.39, 0.29) is 0 Å². The average Bonchev–Trinajstić information content (AvgIpc) is 3.17. The minimum atomic E-state index is 0.764. The lowest BCUT2D eigenvalue weighted by molar-refractivity contribution is 0.509. The van der Waals surface area contributed by atoms with Gasteiger partial charge in [-0.05, 0) is 61.8 Å². The molecule has 1 aliphatic rings. The molecule has 5 heteroatoms. The standard InChI is InChI=1S/C20H20N4S/c1-11-4-7-15-16(8-11)25-20-17(15)19-23-22-18(24(19)10-21-20)14-6-5-12(2)13(3)9-14/h5-6,9-11H,4,7-8H2,1-3H3/t11-/m0/s1. The zero-order chi connectivity index (χ0) is 17.1. The second-order valence-electron chi connectivity index (χ2n) is 7.29. The Balaban J connectivity index is 1.76. The fraction of sp³-hybridized carbons (Fsp3) is 0.350. The van der Waals surface area contributed by atoms with Crippen molar-refractivity contribution >= 4 is 27.2 Å². The average molecular weight is 348 g/mol. The molecule has 0 spiro atoms. The molecular formula is C20H20N4S. The zero-order valence-electron chi connectivity index (χ0n) is 14.7. The molecule has 0 bridgehead atoms. The summed E-state index contributed by atoms with van der Waals surface area (Å²) in [5, 5.41) is 10.3. The first-order chi connectivity index (χ1) is 12.1. The molecule has 126 valence electrons. The first-order valence-electron chi connectivity index (χ1n) is 8.83. The van der Waals surface area contributed by atoms with Crippen LogP contribution >= 0.6 is 11.3 Å². The van der Waals surface area contributed by atoms with Gasteiger partial charge >= 0.3 is 0 Å². The van der Waals surface area contributed by atoms with Crippen LogP contribution in [0.2, 0.25) is 0 Å². The van der Waals surface area contributed by atoms with E-state index in [1.165, 1.54) is 39.8 Å². The Morgan fingerprint density at radius 1 is 1.16 bits per heavy atom.